The SMILES string of the molecule is COc1ccc(-c2ccc(S(=O)(=O)N3CCSC3C(=O)NC(CCO)c3ccco3)cc2)cc1. The Hall–Kier alpha value is -2.79. The Morgan fingerprint density at radius 3 is 2.44 bits per heavy atom. The van der Waals surface area contributed by atoms with E-state index in [2.05, 4.69) is 5.32 Å². The number of amides is 1. The van der Waals surface area contributed by atoms with Crippen LogP contribution in [0.5, 0.6) is 5.75 Å². The number of carbonyl (C=O) groups is 1. The van der Waals surface area contributed by atoms with Gasteiger partial charge in [0.1, 0.15) is 16.9 Å². The molecule has 0 spiro atoms. The largest absolute Gasteiger partial charge is 0.497 e. The molecule has 1 saturated heterocycles. The van der Waals surface area contributed by atoms with E-state index in [1.54, 1.807) is 43.5 Å². The van der Waals surface area contributed by atoms with Gasteiger partial charge in [0.2, 0.25) is 15.9 Å². The Kier molecular flexibility index (Phi) is 7.62. The van der Waals surface area contributed by atoms with E-state index in [-0.39, 0.29) is 24.5 Å². The second-order valence-corrected chi connectivity index (χ2v) is 10.8. The monoisotopic (exact) mass is 502 g/mol. The van der Waals surface area contributed by atoms with Gasteiger partial charge in [0.05, 0.1) is 24.3 Å². The summed E-state index contributed by atoms with van der Waals surface area (Å²) in [6, 6.07) is 17.0. The minimum absolute atomic E-state index is 0.128. The van der Waals surface area contributed by atoms with Crippen molar-refractivity contribution in [2.75, 3.05) is 26.0 Å². The highest BCUT2D eigenvalue weighted by atomic mass is 32.2. The van der Waals surface area contributed by atoms with Gasteiger partial charge in [0.15, 0.2) is 0 Å². The fraction of sp³-hybridized carbons (Fsp3) is 0.292. The molecule has 180 valence electrons. The van der Waals surface area contributed by atoms with Gasteiger partial charge < -0.3 is 19.6 Å². The Morgan fingerprint density at radius 1 is 1.18 bits per heavy atom. The summed E-state index contributed by atoms with van der Waals surface area (Å²) in [5, 5.41) is 11.3. The molecule has 4 rings (SSSR count). The van der Waals surface area contributed by atoms with E-state index in [0.717, 1.165) is 16.9 Å². The molecule has 10 heteroatoms. The molecule has 3 aromatic rings. The van der Waals surface area contributed by atoms with Gasteiger partial charge in [-0.2, -0.15) is 4.31 Å². The van der Waals surface area contributed by atoms with Crippen LogP contribution in [0.4, 0.5) is 0 Å². The van der Waals surface area contributed by atoms with Gasteiger partial charge in [-0.05, 0) is 53.9 Å². The van der Waals surface area contributed by atoms with Crippen molar-refractivity contribution in [2.45, 2.75) is 22.7 Å². The van der Waals surface area contributed by atoms with Gasteiger partial charge in [-0.15, -0.1) is 11.8 Å². The van der Waals surface area contributed by atoms with Crippen molar-refractivity contribution >= 4 is 27.7 Å². The Balaban J connectivity index is 1.51. The number of rotatable bonds is 9. The van der Waals surface area contributed by atoms with Crippen LogP contribution in [0.3, 0.4) is 0 Å². The summed E-state index contributed by atoms with van der Waals surface area (Å²) in [4.78, 5) is 13.2. The highest BCUT2D eigenvalue weighted by Gasteiger charge is 2.41. The number of nitrogens with zero attached hydrogens (tertiary/aromatic N) is 1. The van der Waals surface area contributed by atoms with Crippen LogP contribution in [-0.2, 0) is 14.8 Å². The Labute approximate surface area is 203 Å². The molecule has 1 fully saturated rings. The zero-order chi connectivity index (χ0) is 24.1. The smallest absolute Gasteiger partial charge is 0.249 e. The molecule has 2 atom stereocenters. The topological polar surface area (TPSA) is 109 Å². The van der Waals surface area contributed by atoms with Gasteiger partial charge >= 0.3 is 0 Å². The number of ether oxygens (including phenoxy) is 1. The minimum Gasteiger partial charge on any atom is -0.497 e. The normalized spacial score (nSPS) is 17.4. The average molecular weight is 503 g/mol. The molecule has 1 aromatic heterocycles. The summed E-state index contributed by atoms with van der Waals surface area (Å²) in [6.45, 7) is 0.0861. The lowest BCUT2D eigenvalue weighted by molar-refractivity contribution is -0.123. The van der Waals surface area contributed by atoms with Crippen LogP contribution in [0.15, 0.2) is 76.2 Å². The lowest BCUT2D eigenvalue weighted by Gasteiger charge is -2.24. The molecule has 0 radical (unpaired) electrons. The Morgan fingerprint density at radius 2 is 1.85 bits per heavy atom. The van der Waals surface area contributed by atoms with E-state index in [9.17, 15) is 18.3 Å². The maximum atomic E-state index is 13.4. The van der Waals surface area contributed by atoms with Crippen LogP contribution in [0.2, 0.25) is 0 Å². The summed E-state index contributed by atoms with van der Waals surface area (Å²) in [7, 11) is -2.29. The zero-order valence-electron chi connectivity index (χ0n) is 18.6. The molecule has 2 heterocycles. The summed E-state index contributed by atoms with van der Waals surface area (Å²) in [6.07, 6.45) is 1.75. The van der Waals surface area contributed by atoms with Gasteiger partial charge in [0, 0.05) is 18.9 Å². The van der Waals surface area contributed by atoms with Gasteiger partial charge in [-0.1, -0.05) is 24.3 Å². The third kappa shape index (κ3) is 5.15. The third-order valence-electron chi connectivity index (χ3n) is 5.58. The number of benzene rings is 2. The number of aliphatic hydroxyl groups is 1. The lowest BCUT2D eigenvalue weighted by atomic mass is 10.1. The maximum absolute atomic E-state index is 13.4. The number of thioether (sulfide) groups is 1. The van der Waals surface area contributed by atoms with E-state index in [0.29, 0.717) is 11.5 Å². The highest BCUT2D eigenvalue weighted by Crippen LogP contribution is 2.32. The maximum Gasteiger partial charge on any atom is 0.249 e. The second-order valence-electron chi connectivity index (χ2n) is 7.68. The summed E-state index contributed by atoms with van der Waals surface area (Å²) < 4.78 is 38.5. The standard InChI is InChI=1S/C24H26N2O6S2/c1-31-19-8-4-17(5-9-19)18-6-10-20(11-7-18)34(29,30)26-13-16-33-24(26)23(28)25-21(12-14-27)22-3-2-15-32-22/h2-11,15,21,24,27H,12-14,16H2,1H3,(H,25,28). The van der Waals surface area contributed by atoms with Gasteiger partial charge in [-0.3, -0.25) is 4.79 Å². The number of sulfonamides is 1. The molecule has 34 heavy (non-hydrogen) atoms. The van der Waals surface area contributed by atoms with Gasteiger partial charge in [-0.25, -0.2) is 8.42 Å². The predicted molar refractivity (Wildman–Crippen MR) is 130 cm³/mol. The molecule has 0 bridgehead atoms. The van der Waals surface area contributed by atoms with Crippen molar-refractivity contribution in [3.8, 4) is 16.9 Å². The van der Waals surface area contributed by atoms with E-state index in [4.69, 9.17) is 9.15 Å². The Bertz CT molecular complexity index is 1200. The van der Waals surface area contributed by atoms with E-state index >= 15 is 0 Å². The van der Waals surface area contributed by atoms with E-state index in [1.165, 1.54) is 22.3 Å². The average Bonchev–Trinajstić information content (AvgIpc) is 3.57. The van der Waals surface area contributed by atoms with Gasteiger partial charge in [0.25, 0.3) is 0 Å². The molecule has 2 aromatic carbocycles. The zero-order valence-corrected chi connectivity index (χ0v) is 20.2. The number of hydrogen-bond acceptors (Lipinski definition) is 7. The first-order chi connectivity index (χ1) is 16.4. The summed E-state index contributed by atoms with van der Waals surface area (Å²) in [5.41, 5.74) is 1.81. The van der Waals surface area contributed by atoms with Crippen LogP contribution in [0.25, 0.3) is 11.1 Å². The lowest BCUT2D eigenvalue weighted by Crippen LogP contribution is -2.45. The molecule has 8 nitrogen and oxygen atoms in total. The molecule has 1 amide bonds. The van der Waals surface area contributed by atoms with Crippen molar-refractivity contribution in [3.05, 3.63) is 72.7 Å². The van der Waals surface area contributed by atoms with E-state index < -0.39 is 27.3 Å². The van der Waals surface area contributed by atoms with E-state index in [1.807, 2.05) is 24.3 Å². The number of hydrogen-bond donors (Lipinski definition) is 2. The van der Waals surface area contributed by atoms with Crippen LogP contribution < -0.4 is 10.1 Å². The fourth-order valence-corrected chi connectivity index (χ4v) is 6.88. The highest BCUT2D eigenvalue weighted by molar-refractivity contribution is 8.02. The van der Waals surface area contributed by atoms with Crippen LogP contribution >= 0.6 is 11.8 Å². The molecular formula is C24H26N2O6S2. The summed E-state index contributed by atoms with van der Waals surface area (Å²) in [5.74, 6) is 1.32. The van der Waals surface area contributed by atoms with Crippen molar-refractivity contribution in [3.63, 3.8) is 0 Å². The van der Waals surface area contributed by atoms with Crippen molar-refractivity contribution in [1.29, 1.82) is 0 Å². The summed E-state index contributed by atoms with van der Waals surface area (Å²) >= 11 is 1.27. The first kappa shape index (κ1) is 24.3. The number of methoxy groups -OCH3 is 1. The molecule has 2 N–H and O–H groups in total. The first-order valence-corrected chi connectivity index (χ1v) is 13.3. The minimum atomic E-state index is -3.89. The van der Waals surface area contributed by atoms with Crippen molar-refractivity contribution in [2.24, 2.45) is 0 Å². The second kappa shape index (κ2) is 10.6. The predicted octanol–water partition coefficient (Wildman–Crippen LogP) is 3.26. The molecule has 0 saturated carbocycles. The molecule has 2 unspecified atom stereocenters. The third-order valence-corrected chi connectivity index (χ3v) is 8.79. The van der Waals surface area contributed by atoms with Crippen molar-refractivity contribution < 1.29 is 27.5 Å². The molecule has 1 aliphatic heterocycles. The van der Waals surface area contributed by atoms with Crippen LogP contribution in [0, 0.1) is 0 Å². The molecule has 0 aliphatic carbocycles. The molecular weight excluding hydrogens is 476 g/mol. The number of carbonyl (C=O) groups excluding carboxylic acids is 1. The van der Waals surface area contributed by atoms with Crippen LogP contribution in [0.1, 0.15) is 18.2 Å². The van der Waals surface area contributed by atoms with Crippen LogP contribution in [-0.4, -0.2) is 55.1 Å². The van der Waals surface area contributed by atoms with Crippen molar-refractivity contribution in [1.82, 2.24) is 9.62 Å². The quantitative estimate of drug-likeness (QED) is 0.462. The first-order valence-electron chi connectivity index (χ1n) is 10.8. The number of nitrogens with one attached hydrogen (secondary N) is 1. The fourth-order valence-electron chi connectivity index (χ4n) is 3.79. The number of furan rings is 1. The molecule has 1 aliphatic rings. The number of aliphatic hydroxyl groups excluding tert-OH is 1.